The van der Waals surface area contributed by atoms with E-state index in [1.165, 1.54) is 18.2 Å². The zero-order valence-corrected chi connectivity index (χ0v) is 20.5. The van der Waals surface area contributed by atoms with Gasteiger partial charge in [-0.1, -0.05) is 18.2 Å². The Balaban J connectivity index is 2.02. The topological polar surface area (TPSA) is 128 Å². The maximum Gasteiger partial charge on any atom is 0.410 e. The van der Waals surface area contributed by atoms with E-state index in [0.717, 1.165) is 0 Å². The van der Waals surface area contributed by atoms with E-state index in [1.54, 1.807) is 24.8 Å². The maximum absolute atomic E-state index is 12.8. The normalized spacial score (nSPS) is 15.5. The molecule has 1 atom stereocenters. The van der Waals surface area contributed by atoms with Gasteiger partial charge in [0.05, 0.1) is 29.1 Å². The van der Waals surface area contributed by atoms with E-state index < -0.39 is 22.5 Å². The molecule has 1 aliphatic heterocycles. The number of carbonyl (C=O) groups is 3. The SMILES string of the molecule is CC(C)OC(=O)CC(NC(=O)CC1CCN(C(=O)OC(C)(C)C)CC1)c1ccccc1[N+](=O)[O-]. The molecule has 1 aromatic carbocycles. The smallest absolute Gasteiger partial charge is 0.410 e. The number of hydrogen-bond donors (Lipinski definition) is 1. The minimum atomic E-state index is -0.887. The molecule has 0 aliphatic carbocycles. The molecule has 0 aromatic heterocycles. The molecule has 0 saturated carbocycles. The van der Waals surface area contributed by atoms with Gasteiger partial charge in [-0.2, -0.15) is 0 Å². The zero-order valence-electron chi connectivity index (χ0n) is 20.5. The molecule has 1 aromatic rings. The van der Waals surface area contributed by atoms with Gasteiger partial charge in [-0.15, -0.1) is 0 Å². The van der Waals surface area contributed by atoms with E-state index in [9.17, 15) is 24.5 Å². The molecule has 1 fully saturated rings. The monoisotopic (exact) mass is 477 g/mol. The fourth-order valence-electron chi connectivity index (χ4n) is 3.83. The molecule has 0 bridgehead atoms. The highest BCUT2D eigenvalue weighted by molar-refractivity contribution is 5.79. The number of piperidine rings is 1. The summed E-state index contributed by atoms with van der Waals surface area (Å²) >= 11 is 0. The molecule has 2 amide bonds. The predicted octanol–water partition coefficient (Wildman–Crippen LogP) is 4.13. The third-order valence-electron chi connectivity index (χ3n) is 5.32. The van der Waals surface area contributed by atoms with Crippen LogP contribution in [0.5, 0.6) is 0 Å². The van der Waals surface area contributed by atoms with Gasteiger partial charge in [0, 0.05) is 25.6 Å². The molecule has 0 radical (unpaired) electrons. The van der Waals surface area contributed by atoms with E-state index in [2.05, 4.69) is 5.32 Å². The van der Waals surface area contributed by atoms with Crippen LogP contribution < -0.4 is 5.32 Å². The number of esters is 1. The number of nitrogens with one attached hydrogen (secondary N) is 1. The largest absolute Gasteiger partial charge is 0.463 e. The van der Waals surface area contributed by atoms with E-state index in [-0.39, 0.29) is 48.1 Å². The number of likely N-dealkylation sites (tertiary alicyclic amines) is 1. The van der Waals surface area contributed by atoms with Gasteiger partial charge < -0.3 is 19.7 Å². The Labute approximate surface area is 200 Å². The van der Waals surface area contributed by atoms with Crippen LogP contribution in [-0.4, -0.2) is 52.6 Å². The highest BCUT2D eigenvalue weighted by Crippen LogP contribution is 2.29. The molecule has 2 rings (SSSR count). The predicted molar refractivity (Wildman–Crippen MR) is 125 cm³/mol. The first-order chi connectivity index (χ1) is 15.9. The molecule has 10 nitrogen and oxygen atoms in total. The summed E-state index contributed by atoms with van der Waals surface area (Å²) in [4.78, 5) is 50.0. The second-order valence-electron chi connectivity index (χ2n) is 9.79. The van der Waals surface area contributed by atoms with Gasteiger partial charge in [-0.25, -0.2) is 4.79 Å². The molecule has 1 saturated heterocycles. The van der Waals surface area contributed by atoms with Crippen molar-refractivity contribution in [1.29, 1.82) is 0 Å². The number of amides is 2. The van der Waals surface area contributed by atoms with Crippen LogP contribution >= 0.6 is 0 Å². The molecular weight excluding hydrogens is 442 g/mol. The number of nitrogens with zero attached hydrogens (tertiary/aromatic N) is 2. The second-order valence-corrected chi connectivity index (χ2v) is 9.79. The highest BCUT2D eigenvalue weighted by atomic mass is 16.6. The molecule has 10 heteroatoms. The van der Waals surface area contributed by atoms with Crippen molar-refractivity contribution in [1.82, 2.24) is 10.2 Å². The lowest BCUT2D eigenvalue weighted by Gasteiger charge is -2.33. The van der Waals surface area contributed by atoms with Crippen molar-refractivity contribution in [2.45, 2.75) is 78.0 Å². The summed E-state index contributed by atoms with van der Waals surface area (Å²) in [6.07, 6.45) is 0.543. The summed E-state index contributed by atoms with van der Waals surface area (Å²) in [6, 6.07) is 5.15. The standard InChI is InChI=1S/C24H35N3O7/c1-16(2)33-22(29)15-19(18-8-6-7-9-20(18)27(31)32)25-21(28)14-17-10-12-26(13-11-17)23(30)34-24(3,4)5/h6-9,16-17,19H,10-15H2,1-5H3,(H,25,28). The van der Waals surface area contributed by atoms with Crippen molar-refractivity contribution in [2.24, 2.45) is 5.92 Å². The second kappa shape index (κ2) is 11.8. The molecule has 1 N–H and O–H groups in total. The number of para-hydroxylation sites is 1. The van der Waals surface area contributed by atoms with E-state index in [0.29, 0.717) is 25.9 Å². The van der Waals surface area contributed by atoms with Crippen LogP contribution in [0.4, 0.5) is 10.5 Å². The maximum atomic E-state index is 12.8. The molecule has 1 heterocycles. The van der Waals surface area contributed by atoms with Gasteiger partial charge in [-0.3, -0.25) is 19.7 Å². The number of rotatable bonds is 8. The van der Waals surface area contributed by atoms with Crippen LogP contribution in [0, 0.1) is 16.0 Å². The number of carbonyl (C=O) groups excluding carboxylic acids is 3. The van der Waals surface area contributed by atoms with Gasteiger partial charge >= 0.3 is 12.1 Å². The van der Waals surface area contributed by atoms with Crippen LogP contribution in [0.3, 0.4) is 0 Å². The van der Waals surface area contributed by atoms with Crippen molar-refractivity contribution in [3.8, 4) is 0 Å². The minimum absolute atomic E-state index is 0.0488. The summed E-state index contributed by atoms with van der Waals surface area (Å²) < 4.78 is 10.6. The van der Waals surface area contributed by atoms with E-state index in [4.69, 9.17) is 9.47 Å². The first-order valence-corrected chi connectivity index (χ1v) is 11.6. The first-order valence-electron chi connectivity index (χ1n) is 11.6. The van der Waals surface area contributed by atoms with Crippen molar-refractivity contribution in [3.63, 3.8) is 0 Å². The molecular formula is C24H35N3O7. The Bertz CT molecular complexity index is 887. The fourth-order valence-corrected chi connectivity index (χ4v) is 3.83. The first kappa shape index (κ1) is 27.1. The molecule has 188 valence electrons. The van der Waals surface area contributed by atoms with Gasteiger partial charge in [0.25, 0.3) is 5.69 Å². The molecule has 34 heavy (non-hydrogen) atoms. The number of ether oxygens (including phenoxy) is 2. The lowest BCUT2D eigenvalue weighted by molar-refractivity contribution is -0.385. The van der Waals surface area contributed by atoms with E-state index in [1.807, 2.05) is 20.8 Å². The molecule has 1 unspecified atom stereocenters. The Hall–Kier alpha value is -3.17. The summed E-state index contributed by atoms with van der Waals surface area (Å²) in [5.74, 6) is -0.812. The van der Waals surface area contributed by atoms with Gasteiger partial charge in [0.1, 0.15) is 5.60 Å². The van der Waals surface area contributed by atoms with Crippen LogP contribution in [0.2, 0.25) is 0 Å². The summed E-state index contributed by atoms with van der Waals surface area (Å²) in [5.41, 5.74) is -0.489. The third-order valence-corrected chi connectivity index (χ3v) is 5.32. The Morgan fingerprint density at radius 3 is 2.35 bits per heavy atom. The summed E-state index contributed by atoms with van der Waals surface area (Å²) in [5, 5.41) is 14.3. The number of benzene rings is 1. The van der Waals surface area contributed by atoms with E-state index >= 15 is 0 Å². The van der Waals surface area contributed by atoms with Gasteiger partial charge in [0.15, 0.2) is 0 Å². The average Bonchev–Trinajstić information content (AvgIpc) is 2.72. The lowest BCUT2D eigenvalue weighted by Crippen LogP contribution is -2.42. The fraction of sp³-hybridized carbons (Fsp3) is 0.625. The average molecular weight is 478 g/mol. The summed E-state index contributed by atoms with van der Waals surface area (Å²) in [6.45, 7) is 9.83. The van der Waals surface area contributed by atoms with Crippen LogP contribution in [0.15, 0.2) is 24.3 Å². The zero-order chi connectivity index (χ0) is 25.5. The highest BCUT2D eigenvalue weighted by Gasteiger charge is 2.30. The van der Waals surface area contributed by atoms with Crippen LogP contribution in [0.1, 0.15) is 71.9 Å². The van der Waals surface area contributed by atoms with Crippen molar-refractivity contribution < 1.29 is 28.8 Å². The Morgan fingerprint density at radius 1 is 1.18 bits per heavy atom. The van der Waals surface area contributed by atoms with Crippen molar-refractivity contribution in [3.05, 3.63) is 39.9 Å². The number of nitro benzene ring substituents is 1. The quantitative estimate of drug-likeness (QED) is 0.339. The van der Waals surface area contributed by atoms with Crippen molar-refractivity contribution >= 4 is 23.7 Å². The lowest BCUT2D eigenvalue weighted by atomic mass is 9.93. The van der Waals surface area contributed by atoms with Gasteiger partial charge in [0.2, 0.25) is 5.91 Å². The minimum Gasteiger partial charge on any atom is -0.463 e. The Kier molecular flexibility index (Phi) is 9.40. The van der Waals surface area contributed by atoms with Crippen LogP contribution in [-0.2, 0) is 19.1 Å². The molecule has 1 aliphatic rings. The molecule has 0 spiro atoms. The summed E-state index contributed by atoms with van der Waals surface area (Å²) in [7, 11) is 0. The third kappa shape index (κ3) is 8.64. The number of nitro groups is 1. The Morgan fingerprint density at radius 2 is 1.79 bits per heavy atom. The van der Waals surface area contributed by atoms with Crippen LogP contribution in [0.25, 0.3) is 0 Å². The van der Waals surface area contributed by atoms with Gasteiger partial charge in [-0.05, 0) is 53.4 Å². The van der Waals surface area contributed by atoms with Crippen molar-refractivity contribution in [2.75, 3.05) is 13.1 Å². The number of hydrogen-bond acceptors (Lipinski definition) is 7.